The van der Waals surface area contributed by atoms with Gasteiger partial charge in [-0.05, 0) is 19.1 Å². The van der Waals surface area contributed by atoms with Crippen molar-refractivity contribution in [3.05, 3.63) is 57.1 Å². The summed E-state index contributed by atoms with van der Waals surface area (Å²) >= 11 is 6.08. The summed E-state index contributed by atoms with van der Waals surface area (Å²) in [6.07, 6.45) is 0. The van der Waals surface area contributed by atoms with Crippen molar-refractivity contribution < 1.29 is 27.6 Å². The first-order chi connectivity index (χ1) is 12.7. The summed E-state index contributed by atoms with van der Waals surface area (Å²) in [5, 5.41) is 10.8. The number of methoxy groups -OCH3 is 1. The lowest BCUT2D eigenvalue weighted by Crippen LogP contribution is -2.14. The third-order valence-electron chi connectivity index (χ3n) is 3.37. The topological polar surface area (TPSA) is 125 Å². The van der Waals surface area contributed by atoms with E-state index in [-0.39, 0.29) is 39.2 Å². The number of non-ortho nitro benzene ring substituents is 1. The minimum atomic E-state index is -4.17. The molecule has 144 valence electrons. The zero-order valence-corrected chi connectivity index (χ0v) is 15.8. The highest BCUT2D eigenvalue weighted by Gasteiger charge is 2.22. The number of benzene rings is 2. The van der Waals surface area contributed by atoms with E-state index in [4.69, 9.17) is 21.1 Å². The van der Waals surface area contributed by atoms with Crippen molar-refractivity contribution in [1.29, 1.82) is 0 Å². The summed E-state index contributed by atoms with van der Waals surface area (Å²) < 4.78 is 37.3. The molecule has 9 nitrogen and oxygen atoms in total. The number of carbonyl (C=O) groups is 1. The second-order valence-electron chi connectivity index (χ2n) is 5.11. The van der Waals surface area contributed by atoms with Gasteiger partial charge < -0.3 is 9.47 Å². The van der Waals surface area contributed by atoms with E-state index in [0.717, 1.165) is 6.07 Å². The average molecular weight is 415 g/mol. The largest absolute Gasteiger partial charge is 0.496 e. The average Bonchev–Trinajstić information content (AvgIpc) is 2.63. The van der Waals surface area contributed by atoms with Gasteiger partial charge in [-0.1, -0.05) is 17.7 Å². The number of nitro groups is 1. The number of nitrogens with one attached hydrogen (secondary N) is 1. The molecule has 0 spiro atoms. The predicted molar refractivity (Wildman–Crippen MR) is 97.9 cm³/mol. The third kappa shape index (κ3) is 4.66. The van der Waals surface area contributed by atoms with Crippen LogP contribution in [0.3, 0.4) is 0 Å². The van der Waals surface area contributed by atoms with Gasteiger partial charge in [-0.15, -0.1) is 0 Å². The van der Waals surface area contributed by atoms with Crippen LogP contribution in [0.25, 0.3) is 0 Å². The number of carbonyl (C=O) groups excluding carboxylic acids is 1. The summed E-state index contributed by atoms with van der Waals surface area (Å²) in [6, 6.07) is 6.98. The predicted octanol–water partition coefficient (Wildman–Crippen LogP) is 3.23. The van der Waals surface area contributed by atoms with Crippen molar-refractivity contribution in [3.8, 4) is 5.75 Å². The van der Waals surface area contributed by atoms with Crippen molar-refractivity contribution in [3.63, 3.8) is 0 Å². The maximum Gasteiger partial charge on any atom is 0.341 e. The maximum atomic E-state index is 12.5. The number of nitrogens with zero attached hydrogens (tertiary/aromatic N) is 1. The normalized spacial score (nSPS) is 10.9. The van der Waals surface area contributed by atoms with Gasteiger partial charge in [0.2, 0.25) is 0 Å². The van der Waals surface area contributed by atoms with Gasteiger partial charge in [0.1, 0.15) is 11.3 Å². The Hall–Kier alpha value is -2.85. The maximum absolute atomic E-state index is 12.5. The fourth-order valence-corrected chi connectivity index (χ4v) is 3.51. The molecule has 0 bridgehead atoms. The summed E-state index contributed by atoms with van der Waals surface area (Å²) in [5.74, 6) is -0.626. The van der Waals surface area contributed by atoms with Crippen molar-refractivity contribution in [2.24, 2.45) is 0 Å². The molecule has 2 aromatic carbocycles. The Labute approximate surface area is 160 Å². The number of hydrogen-bond acceptors (Lipinski definition) is 7. The molecule has 0 saturated carbocycles. The molecular weight excluding hydrogens is 400 g/mol. The van der Waals surface area contributed by atoms with Gasteiger partial charge in [0.25, 0.3) is 15.7 Å². The quantitative estimate of drug-likeness (QED) is 0.418. The SMILES string of the molecule is CCOC(=O)c1cc(Cl)c(NS(=O)(=O)c2cccc([N+](=O)[O-])c2)cc1OC. The Bertz CT molecular complexity index is 992. The number of anilines is 1. The molecule has 11 heteroatoms. The summed E-state index contributed by atoms with van der Waals surface area (Å²) in [6.45, 7) is 1.77. The molecule has 0 fully saturated rings. The second kappa shape index (κ2) is 8.23. The first-order valence-electron chi connectivity index (χ1n) is 7.51. The Morgan fingerprint density at radius 2 is 2.00 bits per heavy atom. The van der Waals surface area contributed by atoms with Crippen LogP contribution >= 0.6 is 11.6 Å². The highest BCUT2D eigenvalue weighted by atomic mass is 35.5. The Morgan fingerprint density at radius 1 is 1.30 bits per heavy atom. The Balaban J connectivity index is 2.43. The molecule has 0 saturated heterocycles. The van der Waals surface area contributed by atoms with Crippen LogP contribution in [0.4, 0.5) is 11.4 Å². The van der Waals surface area contributed by atoms with Crippen LogP contribution in [-0.2, 0) is 14.8 Å². The molecule has 0 atom stereocenters. The molecule has 0 aromatic heterocycles. The van der Waals surface area contributed by atoms with Crippen LogP contribution in [0.5, 0.6) is 5.75 Å². The summed E-state index contributed by atoms with van der Waals surface area (Å²) in [4.78, 5) is 21.7. The van der Waals surface area contributed by atoms with Crippen LogP contribution in [0.2, 0.25) is 5.02 Å². The van der Waals surface area contributed by atoms with Gasteiger partial charge in [0.05, 0.1) is 34.2 Å². The lowest BCUT2D eigenvalue weighted by molar-refractivity contribution is -0.385. The van der Waals surface area contributed by atoms with Gasteiger partial charge in [0.15, 0.2) is 0 Å². The van der Waals surface area contributed by atoms with Gasteiger partial charge in [-0.25, -0.2) is 13.2 Å². The third-order valence-corrected chi connectivity index (χ3v) is 5.04. The molecule has 0 aliphatic heterocycles. The van der Waals surface area contributed by atoms with Gasteiger partial charge in [-0.3, -0.25) is 14.8 Å². The van der Waals surface area contributed by atoms with E-state index < -0.39 is 20.9 Å². The van der Waals surface area contributed by atoms with Crippen LogP contribution in [-0.4, -0.2) is 33.0 Å². The first-order valence-corrected chi connectivity index (χ1v) is 9.37. The number of rotatable bonds is 7. The van der Waals surface area contributed by atoms with Crippen molar-refractivity contribution >= 4 is 39.0 Å². The van der Waals surface area contributed by atoms with E-state index in [1.807, 2.05) is 0 Å². The molecule has 0 amide bonds. The number of ether oxygens (including phenoxy) is 2. The Morgan fingerprint density at radius 3 is 2.59 bits per heavy atom. The van der Waals surface area contributed by atoms with E-state index in [0.29, 0.717) is 0 Å². The molecule has 0 aliphatic carbocycles. The zero-order valence-electron chi connectivity index (χ0n) is 14.3. The van der Waals surface area contributed by atoms with Gasteiger partial charge in [-0.2, -0.15) is 0 Å². The van der Waals surface area contributed by atoms with E-state index in [2.05, 4.69) is 4.72 Å². The van der Waals surface area contributed by atoms with E-state index in [1.165, 1.54) is 37.4 Å². The number of nitro benzene ring substituents is 1. The number of sulfonamides is 1. The molecule has 0 unspecified atom stereocenters. The fourth-order valence-electron chi connectivity index (χ4n) is 2.14. The van der Waals surface area contributed by atoms with Gasteiger partial charge in [0, 0.05) is 18.2 Å². The van der Waals surface area contributed by atoms with Crippen LogP contribution in [0.1, 0.15) is 17.3 Å². The first kappa shape index (κ1) is 20.5. The number of esters is 1. The fraction of sp³-hybridized carbons (Fsp3) is 0.188. The Kier molecular flexibility index (Phi) is 6.24. The molecule has 0 radical (unpaired) electrons. The number of hydrogen-bond donors (Lipinski definition) is 1. The summed E-state index contributed by atoms with van der Waals surface area (Å²) in [5.41, 5.74) is -0.407. The smallest absolute Gasteiger partial charge is 0.341 e. The summed E-state index contributed by atoms with van der Waals surface area (Å²) in [7, 11) is -2.87. The lowest BCUT2D eigenvalue weighted by Gasteiger charge is -2.14. The molecule has 2 rings (SSSR count). The molecule has 2 aromatic rings. The molecule has 0 heterocycles. The molecule has 1 N–H and O–H groups in total. The molecular formula is C16H15ClN2O7S. The highest BCUT2D eigenvalue weighted by molar-refractivity contribution is 7.92. The lowest BCUT2D eigenvalue weighted by atomic mass is 10.2. The highest BCUT2D eigenvalue weighted by Crippen LogP contribution is 2.33. The van der Waals surface area contributed by atoms with Crippen molar-refractivity contribution in [2.45, 2.75) is 11.8 Å². The minimum Gasteiger partial charge on any atom is -0.496 e. The monoisotopic (exact) mass is 414 g/mol. The van der Waals surface area contributed by atoms with Crippen LogP contribution < -0.4 is 9.46 Å². The zero-order chi connectivity index (χ0) is 20.2. The standard InChI is InChI=1S/C16H15ClN2O7S/c1-3-26-16(20)12-8-13(17)14(9-15(12)25-2)18-27(23,24)11-6-4-5-10(7-11)19(21)22/h4-9,18H,3H2,1-2H3. The number of halogens is 1. The minimum absolute atomic E-state index is 0.0302. The van der Waals surface area contributed by atoms with Crippen molar-refractivity contribution in [2.75, 3.05) is 18.4 Å². The van der Waals surface area contributed by atoms with Crippen LogP contribution in [0.15, 0.2) is 41.3 Å². The second-order valence-corrected chi connectivity index (χ2v) is 7.20. The molecule has 0 aliphatic rings. The van der Waals surface area contributed by atoms with Gasteiger partial charge >= 0.3 is 5.97 Å². The van der Waals surface area contributed by atoms with Crippen LogP contribution in [0, 0.1) is 10.1 Å². The van der Waals surface area contributed by atoms with E-state index in [9.17, 15) is 23.3 Å². The molecule has 27 heavy (non-hydrogen) atoms. The van der Waals surface area contributed by atoms with E-state index in [1.54, 1.807) is 6.92 Å². The van der Waals surface area contributed by atoms with E-state index >= 15 is 0 Å². The van der Waals surface area contributed by atoms with Crippen molar-refractivity contribution in [1.82, 2.24) is 0 Å².